The van der Waals surface area contributed by atoms with Crippen molar-refractivity contribution in [3.63, 3.8) is 0 Å². The smallest absolute Gasteiger partial charge is 0.319 e. The van der Waals surface area contributed by atoms with E-state index in [0.29, 0.717) is 59.6 Å². The molecule has 10 nitrogen and oxygen atoms in total. The maximum absolute atomic E-state index is 17.4. The molecule has 0 radical (unpaired) electrons. The van der Waals surface area contributed by atoms with E-state index in [1.807, 2.05) is 25.8 Å². The number of aromatic nitrogens is 2. The molecule has 0 spiro atoms. The summed E-state index contributed by atoms with van der Waals surface area (Å²) in [5.74, 6) is -0.914. The third kappa shape index (κ3) is 5.82. The Kier molecular flexibility index (Phi) is 9.55. The lowest BCUT2D eigenvalue weighted by Gasteiger charge is -2.42. The molecule has 5 unspecified atom stereocenters. The lowest BCUT2D eigenvalue weighted by Crippen LogP contribution is -2.55. The average molecular weight is 710 g/mol. The van der Waals surface area contributed by atoms with Crippen LogP contribution in [0.4, 0.5) is 24.0 Å². The summed E-state index contributed by atoms with van der Waals surface area (Å²) >= 11 is 1.15. The van der Waals surface area contributed by atoms with E-state index in [2.05, 4.69) is 20.9 Å². The number of halogens is 3. The third-order valence-electron chi connectivity index (χ3n) is 10.3. The highest BCUT2D eigenvalue weighted by atomic mass is 32.1. The van der Waals surface area contributed by atoms with Gasteiger partial charge in [-0.2, -0.15) is 15.2 Å². The van der Waals surface area contributed by atoms with Crippen LogP contribution >= 0.6 is 11.3 Å². The number of likely N-dealkylation sites (tertiary alicyclic amines) is 2. The molecular weight excluding hydrogens is 668 g/mol. The third-order valence-corrected chi connectivity index (χ3v) is 11.3. The molecule has 3 fully saturated rings. The molecule has 50 heavy (non-hydrogen) atoms. The first-order chi connectivity index (χ1) is 24.1. The van der Waals surface area contributed by atoms with E-state index in [9.17, 15) is 14.8 Å². The van der Waals surface area contributed by atoms with Gasteiger partial charge in [0, 0.05) is 65.5 Å². The number of alkyl halides is 1. The van der Waals surface area contributed by atoms with Crippen molar-refractivity contribution in [2.24, 2.45) is 0 Å². The molecule has 4 aromatic rings. The van der Waals surface area contributed by atoms with Crippen LogP contribution in [-0.4, -0.2) is 95.1 Å². The molecule has 266 valence electrons. The molecule has 0 aliphatic carbocycles. The lowest BCUT2D eigenvalue weighted by atomic mass is 9.90. The number of nitrogens with two attached hydrogens (primary N) is 1. The second kappa shape index (κ2) is 13.8. The Labute approximate surface area is 293 Å². The number of nitriles is 1. The highest BCUT2D eigenvalue weighted by molar-refractivity contribution is 7.23. The van der Waals surface area contributed by atoms with Crippen molar-refractivity contribution in [3.05, 3.63) is 40.5 Å². The Morgan fingerprint density at radius 2 is 1.82 bits per heavy atom. The highest BCUT2D eigenvalue weighted by Gasteiger charge is 2.43. The SMILES string of the molecule is CC.CC(O)CN1CC2CCC(C1)N2c1nc(OCC2CC(F)CN2C)nc2c(F)c(-c3c(F)ccc4sc(N)c(C#N)c34)c3c(c12)COC3. The minimum atomic E-state index is -0.963. The molecule has 0 saturated carbocycles. The molecule has 14 heteroatoms. The van der Waals surface area contributed by atoms with Crippen LogP contribution in [0, 0.1) is 23.0 Å². The number of β-amino-alcohol motifs (C(OH)–C–C–N with tert-alkyl or cyclic N) is 1. The van der Waals surface area contributed by atoms with Crippen LogP contribution in [0.25, 0.3) is 32.1 Å². The van der Waals surface area contributed by atoms with Gasteiger partial charge in [-0.3, -0.25) is 9.80 Å². The number of fused-ring (bicyclic) bond motifs is 6. The molecule has 2 aromatic carbocycles. The van der Waals surface area contributed by atoms with E-state index in [1.54, 1.807) is 13.0 Å². The number of piperazine rings is 1. The molecule has 3 saturated heterocycles. The molecule has 3 N–H and O–H groups in total. The Morgan fingerprint density at radius 1 is 1.10 bits per heavy atom. The first kappa shape index (κ1) is 34.7. The topological polar surface area (TPSA) is 124 Å². The van der Waals surface area contributed by atoms with Gasteiger partial charge in [0.25, 0.3) is 0 Å². The Hall–Kier alpha value is -3.74. The van der Waals surface area contributed by atoms with Crippen LogP contribution in [0.2, 0.25) is 0 Å². The summed E-state index contributed by atoms with van der Waals surface area (Å²) in [5, 5.41) is 21.1. The largest absolute Gasteiger partial charge is 0.462 e. The molecule has 5 atom stereocenters. The van der Waals surface area contributed by atoms with Crippen LogP contribution < -0.4 is 15.4 Å². The zero-order valence-corrected chi connectivity index (χ0v) is 29.5. The summed E-state index contributed by atoms with van der Waals surface area (Å²) in [6.07, 6.45) is 0.679. The number of hydrogen-bond acceptors (Lipinski definition) is 11. The maximum Gasteiger partial charge on any atom is 0.319 e. The van der Waals surface area contributed by atoms with Gasteiger partial charge in [-0.05, 0) is 56.5 Å². The van der Waals surface area contributed by atoms with Gasteiger partial charge in [-0.1, -0.05) is 13.8 Å². The van der Waals surface area contributed by atoms with Crippen molar-refractivity contribution >= 4 is 43.1 Å². The van der Waals surface area contributed by atoms with Gasteiger partial charge in [-0.25, -0.2) is 13.2 Å². The van der Waals surface area contributed by atoms with Crippen molar-refractivity contribution in [1.82, 2.24) is 19.8 Å². The normalized spacial score (nSPS) is 24.0. The quantitative estimate of drug-likeness (QED) is 0.245. The fraction of sp³-hybridized carbons (Fsp3) is 0.528. The van der Waals surface area contributed by atoms with Crippen LogP contribution in [0.3, 0.4) is 0 Å². The summed E-state index contributed by atoms with van der Waals surface area (Å²) < 4.78 is 60.1. The number of rotatable bonds is 7. The Bertz CT molecular complexity index is 1970. The van der Waals surface area contributed by atoms with Gasteiger partial charge in [0.05, 0.1) is 30.3 Å². The summed E-state index contributed by atoms with van der Waals surface area (Å²) in [6.45, 7) is 8.35. The average Bonchev–Trinajstić information content (AvgIpc) is 3.84. The summed E-state index contributed by atoms with van der Waals surface area (Å²) in [7, 11) is 1.84. The van der Waals surface area contributed by atoms with Crippen molar-refractivity contribution in [2.75, 3.05) is 50.5 Å². The molecule has 2 bridgehead atoms. The fourth-order valence-electron chi connectivity index (χ4n) is 8.28. The van der Waals surface area contributed by atoms with Crippen LogP contribution in [0.1, 0.15) is 56.7 Å². The second-order valence-corrected chi connectivity index (χ2v) is 14.6. The molecule has 0 amide bonds. The monoisotopic (exact) mass is 709 g/mol. The lowest BCUT2D eigenvalue weighted by molar-refractivity contribution is 0.111. The van der Waals surface area contributed by atoms with Gasteiger partial charge in [0.2, 0.25) is 0 Å². The number of nitrogen functional groups attached to an aromatic ring is 1. The van der Waals surface area contributed by atoms with Crippen molar-refractivity contribution in [1.29, 1.82) is 5.26 Å². The molecule has 4 aliphatic heterocycles. The van der Waals surface area contributed by atoms with E-state index in [4.69, 9.17) is 20.2 Å². The zero-order valence-electron chi connectivity index (χ0n) is 28.7. The van der Waals surface area contributed by atoms with Gasteiger partial charge in [0.1, 0.15) is 41.0 Å². The summed E-state index contributed by atoms with van der Waals surface area (Å²) in [6, 6.07) is 4.77. The predicted molar refractivity (Wildman–Crippen MR) is 188 cm³/mol. The van der Waals surface area contributed by atoms with Crippen molar-refractivity contribution in [3.8, 4) is 23.2 Å². The number of aliphatic hydroxyl groups excluding tert-OH is 1. The molecule has 4 aliphatic rings. The molecule has 2 aromatic heterocycles. The fourth-order valence-corrected chi connectivity index (χ4v) is 9.21. The number of hydrogen-bond donors (Lipinski definition) is 2. The van der Waals surface area contributed by atoms with Gasteiger partial charge >= 0.3 is 6.01 Å². The van der Waals surface area contributed by atoms with E-state index in [0.717, 1.165) is 24.2 Å². The summed E-state index contributed by atoms with van der Waals surface area (Å²) in [4.78, 5) is 15.9. The minimum absolute atomic E-state index is 0.0106. The van der Waals surface area contributed by atoms with E-state index < -0.39 is 23.9 Å². The predicted octanol–water partition coefficient (Wildman–Crippen LogP) is 5.75. The van der Waals surface area contributed by atoms with Gasteiger partial charge < -0.3 is 25.2 Å². The van der Waals surface area contributed by atoms with E-state index in [1.165, 1.54) is 6.07 Å². The number of aliphatic hydroxyl groups is 1. The number of likely N-dealkylation sites (N-methyl/N-ethyl adjacent to an activating group) is 1. The number of nitrogens with zero attached hydrogens (tertiary/aromatic N) is 6. The highest BCUT2D eigenvalue weighted by Crippen LogP contribution is 2.49. The maximum atomic E-state index is 17.4. The number of benzene rings is 2. The first-order valence-corrected chi connectivity index (χ1v) is 18.1. The van der Waals surface area contributed by atoms with Crippen LogP contribution in [-0.2, 0) is 18.0 Å². The van der Waals surface area contributed by atoms with Crippen molar-refractivity contribution in [2.45, 2.75) is 83.6 Å². The van der Waals surface area contributed by atoms with Crippen LogP contribution in [0.15, 0.2) is 12.1 Å². The number of thiophene rings is 1. The Morgan fingerprint density at radius 3 is 2.48 bits per heavy atom. The first-order valence-electron chi connectivity index (χ1n) is 17.3. The molecular formula is C36H42F3N7O3S. The van der Waals surface area contributed by atoms with Gasteiger partial charge in [0.15, 0.2) is 5.82 Å². The summed E-state index contributed by atoms with van der Waals surface area (Å²) in [5.41, 5.74) is 7.34. The van der Waals surface area contributed by atoms with Crippen molar-refractivity contribution < 1.29 is 27.8 Å². The van der Waals surface area contributed by atoms with E-state index >= 15 is 8.78 Å². The van der Waals surface area contributed by atoms with Crippen LogP contribution in [0.5, 0.6) is 6.01 Å². The zero-order chi connectivity index (χ0) is 35.4. The molecule has 6 heterocycles. The van der Waals surface area contributed by atoms with Gasteiger partial charge in [-0.15, -0.1) is 11.3 Å². The number of ether oxygens (including phenoxy) is 2. The number of anilines is 2. The molecule has 8 rings (SSSR count). The standard InChI is InChI=1S/C34H36F3N7O3S.C2H6/c1-16(45)9-43-11-18-3-4-19(12-43)44(18)33-28-23-15-46-14-22(23)27(29-24(36)5-6-25-26(29)21(8-38)32(39)48-25)30(37)31(28)40-34(41-33)47-13-20-7-17(35)10-42(20)2;1-2/h5-6,16-20,45H,3-4,7,9-15,39H2,1-2H3;1-2H3. The minimum Gasteiger partial charge on any atom is -0.462 e. The Balaban J connectivity index is 0.00000193. The second-order valence-electron chi connectivity index (χ2n) is 13.5. The van der Waals surface area contributed by atoms with E-state index in [-0.39, 0.29) is 76.6 Å².